The average Bonchev–Trinajstić information content (AvgIpc) is 2.42. The Kier molecular flexibility index (Phi) is 4.94. The number of carbonyl (C=O) groups is 1. The first-order valence-electron chi connectivity index (χ1n) is 6.35. The molecule has 5 heteroatoms. The van der Waals surface area contributed by atoms with E-state index in [2.05, 4.69) is 32.2 Å². The largest absolute Gasteiger partial charge is 0.349 e. The molecule has 1 N–H and O–H groups in total. The number of nitrogens with one attached hydrogen (secondary N) is 1. The summed E-state index contributed by atoms with van der Waals surface area (Å²) in [6.07, 6.45) is 1.80. The zero-order valence-corrected chi connectivity index (χ0v) is 12.2. The summed E-state index contributed by atoms with van der Waals surface area (Å²) in [5, 5.41) is 11.7. The molecule has 0 bridgehead atoms. The monoisotopic (exact) mass is 321 g/mol. The Morgan fingerprint density at radius 2 is 2.11 bits per heavy atom. The van der Waals surface area contributed by atoms with Gasteiger partial charge in [-0.15, -0.1) is 0 Å². The van der Waals surface area contributed by atoms with E-state index in [0.29, 0.717) is 12.1 Å². The first kappa shape index (κ1) is 14.0. The molecule has 0 aliphatic carbocycles. The predicted molar refractivity (Wildman–Crippen MR) is 76.7 cm³/mol. The van der Waals surface area contributed by atoms with Crippen molar-refractivity contribution >= 4 is 21.8 Å². The van der Waals surface area contributed by atoms with Crippen molar-refractivity contribution in [2.75, 3.05) is 19.6 Å². The van der Waals surface area contributed by atoms with Crippen molar-refractivity contribution in [3.8, 4) is 6.07 Å². The molecule has 0 aromatic heterocycles. The predicted octanol–water partition coefficient (Wildman–Crippen LogP) is 2.17. The van der Waals surface area contributed by atoms with Crippen molar-refractivity contribution in [2.45, 2.75) is 18.9 Å². The molecule has 100 valence electrons. The van der Waals surface area contributed by atoms with E-state index in [1.54, 1.807) is 0 Å². The lowest BCUT2D eigenvalue weighted by atomic mass is 10.0. The van der Waals surface area contributed by atoms with Crippen molar-refractivity contribution in [1.29, 1.82) is 5.26 Å². The van der Waals surface area contributed by atoms with Gasteiger partial charge in [-0.1, -0.05) is 12.1 Å². The molecule has 19 heavy (non-hydrogen) atoms. The smallest absolute Gasteiger partial charge is 0.252 e. The van der Waals surface area contributed by atoms with Crippen LogP contribution in [0.25, 0.3) is 0 Å². The normalized spacial score (nSPS) is 16.8. The molecule has 1 aromatic rings. The number of hydrogen-bond donors (Lipinski definition) is 1. The van der Waals surface area contributed by atoms with E-state index in [1.165, 1.54) is 0 Å². The van der Waals surface area contributed by atoms with Crippen LogP contribution >= 0.6 is 15.9 Å². The minimum atomic E-state index is -0.0359. The van der Waals surface area contributed by atoms with Gasteiger partial charge in [-0.05, 0) is 40.9 Å². The zero-order chi connectivity index (χ0) is 13.7. The summed E-state index contributed by atoms with van der Waals surface area (Å²) < 4.78 is 0.814. The maximum atomic E-state index is 12.1. The molecule has 0 atom stereocenters. The van der Waals surface area contributed by atoms with Crippen LogP contribution in [0.1, 0.15) is 23.2 Å². The Bertz CT molecular complexity index is 490. The number of nitriles is 1. The summed E-state index contributed by atoms with van der Waals surface area (Å²) >= 11 is 3.39. The second-order valence-corrected chi connectivity index (χ2v) is 5.52. The summed E-state index contributed by atoms with van der Waals surface area (Å²) in [5.74, 6) is -0.0359. The lowest BCUT2D eigenvalue weighted by molar-refractivity contribution is 0.0913. The van der Waals surface area contributed by atoms with E-state index in [1.807, 2.05) is 24.3 Å². The molecule has 1 aliphatic rings. The van der Waals surface area contributed by atoms with Crippen molar-refractivity contribution in [3.05, 3.63) is 34.3 Å². The lowest BCUT2D eigenvalue weighted by Gasteiger charge is -2.30. The van der Waals surface area contributed by atoms with Crippen LogP contribution in [0.3, 0.4) is 0 Å². The SMILES string of the molecule is N#CCN1CCC(NC(=O)c2ccccc2Br)CC1. The second kappa shape index (κ2) is 6.69. The van der Waals surface area contributed by atoms with Crippen LogP contribution in [-0.4, -0.2) is 36.5 Å². The number of likely N-dealkylation sites (tertiary alicyclic amines) is 1. The molecule has 1 amide bonds. The topological polar surface area (TPSA) is 56.1 Å². The van der Waals surface area contributed by atoms with Gasteiger partial charge in [-0.2, -0.15) is 5.26 Å². The summed E-state index contributed by atoms with van der Waals surface area (Å²) in [5.41, 5.74) is 0.668. The third kappa shape index (κ3) is 3.79. The lowest BCUT2D eigenvalue weighted by Crippen LogP contribution is -2.44. The van der Waals surface area contributed by atoms with E-state index in [9.17, 15) is 4.79 Å². The zero-order valence-electron chi connectivity index (χ0n) is 10.6. The molecule has 0 spiro atoms. The second-order valence-electron chi connectivity index (χ2n) is 4.66. The van der Waals surface area contributed by atoms with Crippen molar-refractivity contribution < 1.29 is 4.79 Å². The molecule has 4 nitrogen and oxygen atoms in total. The molecule has 2 rings (SSSR count). The quantitative estimate of drug-likeness (QED) is 0.868. The Hall–Kier alpha value is -1.38. The number of amides is 1. The van der Waals surface area contributed by atoms with Crippen LogP contribution in [0.4, 0.5) is 0 Å². The molecule has 1 fully saturated rings. The summed E-state index contributed by atoms with van der Waals surface area (Å²) in [6.45, 7) is 2.22. The number of carbonyl (C=O) groups excluding carboxylic acids is 1. The van der Waals surface area contributed by atoms with E-state index < -0.39 is 0 Å². The maximum Gasteiger partial charge on any atom is 0.252 e. The van der Waals surface area contributed by atoms with Crippen LogP contribution in [-0.2, 0) is 0 Å². The highest BCUT2D eigenvalue weighted by atomic mass is 79.9. The fraction of sp³-hybridized carbons (Fsp3) is 0.429. The minimum Gasteiger partial charge on any atom is -0.349 e. The highest BCUT2D eigenvalue weighted by Crippen LogP contribution is 2.17. The first-order chi connectivity index (χ1) is 9.20. The third-order valence-electron chi connectivity index (χ3n) is 3.34. The van der Waals surface area contributed by atoms with Gasteiger partial charge in [0.05, 0.1) is 18.2 Å². The van der Waals surface area contributed by atoms with Gasteiger partial charge in [0.15, 0.2) is 0 Å². The van der Waals surface area contributed by atoms with Gasteiger partial charge in [0.1, 0.15) is 0 Å². The van der Waals surface area contributed by atoms with E-state index in [0.717, 1.165) is 30.4 Å². The molecule has 1 heterocycles. The average molecular weight is 322 g/mol. The van der Waals surface area contributed by atoms with Gasteiger partial charge in [0.25, 0.3) is 5.91 Å². The standard InChI is InChI=1S/C14H16BrN3O/c15-13-4-2-1-3-12(13)14(19)17-11-5-8-18(9-6-11)10-7-16/h1-4,11H,5-6,8-10H2,(H,17,19). The Morgan fingerprint density at radius 1 is 1.42 bits per heavy atom. The first-order valence-corrected chi connectivity index (χ1v) is 7.14. The number of halogens is 1. The maximum absolute atomic E-state index is 12.1. The fourth-order valence-electron chi connectivity index (χ4n) is 2.24. The highest BCUT2D eigenvalue weighted by Gasteiger charge is 2.21. The molecule has 0 radical (unpaired) electrons. The van der Waals surface area contributed by atoms with E-state index in [4.69, 9.17) is 5.26 Å². The van der Waals surface area contributed by atoms with Gasteiger partial charge in [-0.3, -0.25) is 9.69 Å². The van der Waals surface area contributed by atoms with E-state index >= 15 is 0 Å². The van der Waals surface area contributed by atoms with Gasteiger partial charge >= 0.3 is 0 Å². The van der Waals surface area contributed by atoms with E-state index in [-0.39, 0.29) is 11.9 Å². The summed E-state index contributed by atoms with van der Waals surface area (Å²) in [7, 11) is 0. The Morgan fingerprint density at radius 3 is 2.74 bits per heavy atom. The van der Waals surface area contributed by atoms with Gasteiger partial charge < -0.3 is 5.32 Å². The minimum absolute atomic E-state index is 0.0359. The molecule has 1 aliphatic heterocycles. The Labute approximate surface area is 121 Å². The molecular formula is C14H16BrN3O. The number of hydrogen-bond acceptors (Lipinski definition) is 3. The fourth-order valence-corrected chi connectivity index (χ4v) is 2.71. The third-order valence-corrected chi connectivity index (χ3v) is 4.03. The van der Waals surface area contributed by atoms with Crippen LogP contribution in [0, 0.1) is 11.3 Å². The highest BCUT2D eigenvalue weighted by molar-refractivity contribution is 9.10. The number of rotatable bonds is 3. The van der Waals surface area contributed by atoms with Crippen LogP contribution in [0.15, 0.2) is 28.7 Å². The number of piperidine rings is 1. The molecule has 0 saturated carbocycles. The van der Waals surface area contributed by atoms with Crippen molar-refractivity contribution in [2.24, 2.45) is 0 Å². The summed E-state index contributed by atoms with van der Waals surface area (Å²) in [4.78, 5) is 14.2. The van der Waals surface area contributed by atoms with Gasteiger partial charge in [-0.25, -0.2) is 0 Å². The van der Waals surface area contributed by atoms with Crippen LogP contribution in [0.5, 0.6) is 0 Å². The van der Waals surface area contributed by atoms with Crippen molar-refractivity contribution in [1.82, 2.24) is 10.2 Å². The molecule has 0 unspecified atom stereocenters. The number of nitrogens with zero attached hydrogens (tertiary/aromatic N) is 2. The van der Waals surface area contributed by atoms with Gasteiger partial charge in [0.2, 0.25) is 0 Å². The van der Waals surface area contributed by atoms with Crippen LogP contribution < -0.4 is 5.32 Å². The molecule has 1 saturated heterocycles. The van der Waals surface area contributed by atoms with Crippen molar-refractivity contribution in [3.63, 3.8) is 0 Å². The summed E-state index contributed by atoms with van der Waals surface area (Å²) in [6, 6.07) is 9.78. The van der Waals surface area contributed by atoms with Gasteiger partial charge in [0, 0.05) is 23.6 Å². The Balaban J connectivity index is 1.88. The van der Waals surface area contributed by atoms with Crippen LogP contribution in [0.2, 0.25) is 0 Å². The molecular weight excluding hydrogens is 306 g/mol. The molecule has 1 aromatic carbocycles. The number of benzene rings is 1.